The number of hydrogen-bond acceptors (Lipinski definition) is 4. The van der Waals surface area contributed by atoms with Crippen molar-refractivity contribution in [3.63, 3.8) is 0 Å². The summed E-state index contributed by atoms with van der Waals surface area (Å²) in [6.45, 7) is 27.9. The fourth-order valence-electron chi connectivity index (χ4n) is 4.52. The van der Waals surface area contributed by atoms with Crippen LogP contribution in [0.5, 0.6) is 0 Å². The van der Waals surface area contributed by atoms with Crippen molar-refractivity contribution in [2.24, 2.45) is 11.1 Å². The van der Waals surface area contributed by atoms with E-state index >= 15 is 0 Å². The van der Waals surface area contributed by atoms with Gasteiger partial charge in [0.05, 0.1) is 6.61 Å². The highest BCUT2D eigenvalue weighted by molar-refractivity contribution is 7.31. The predicted octanol–water partition coefficient (Wildman–Crippen LogP) is 9.16. The quantitative estimate of drug-likeness (QED) is 0.378. The van der Waals surface area contributed by atoms with Gasteiger partial charge < -0.3 is 14.1 Å². The van der Waals surface area contributed by atoms with Gasteiger partial charge in [-0.15, -0.1) is 0 Å². The summed E-state index contributed by atoms with van der Waals surface area (Å²) in [6, 6.07) is 9.26. The molecule has 2 N–H and O–H groups in total. The van der Waals surface area contributed by atoms with Gasteiger partial charge in [0.2, 0.25) is 0 Å². The molecule has 0 saturated heterocycles. The van der Waals surface area contributed by atoms with Crippen LogP contribution in [0.15, 0.2) is 32.7 Å². The lowest BCUT2D eigenvalue weighted by Gasteiger charge is -2.26. The van der Waals surface area contributed by atoms with Gasteiger partial charge in [-0.25, -0.2) is 0 Å². The Hall–Kier alpha value is -1.74. The van der Waals surface area contributed by atoms with Crippen LogP contribution in [-0.2, 0) is 22.7 Å². The molecule has 0 amide bonds. The lowest BCUT2D eigenvalue weighted by molar-refractivity contribution is 0.380. The number of fused-ring (bicyclic) bond motifs is 3. The zero-order chi connectivity index (χ0) is 27.3. The Morgan fingerprint density at radius 2 is 1.19 bits per heavy atom. The maximum Gasteiger partial charge on any atom is 0.387 e. The summed E-state index contributed by atoms with van der Waals surface area (Å²) in [4.78, 5) is 0. The Morgan fingerprint density at radius 3 is 1.64 bits per heavy atom. The molecule has 0 aliphatic carbocycles. The van der Waals surface area contributed by atoms with Gasteiger partial charge in [0.15, 0.2) is 0 Å². The lowest BCUT2D eigenvalue weighted by atomic mass is 9.78. The molecule has 5 heteroatoms. The van der Waals surface area contributed by atoms with E-state index in [1.807, 2.05) is 0 Å². The van der Waals surface area contributed by atoms with Crippen LogP contribution in [0.4, 0.5) is 0 Å². The van der Waals surface area contributed by atoms with Gasteiger partial charge in [-0.1, -0.05) is 95.2 Å². The summed E-state index contributed by atoms with van der Waals surface area (Å²) < 4.78 is 19.3. The number of hydrogen-bond donors (Lipinski definition) is 1. The van der Waals surface area contributed by atoms with Gasteiger partial charge in [0, 0.05) is 28.4 Å². The van der Waals surface area contributed by atoms with Gasteiger partial charge in [-0.05, 0) is 51.3 Å². The molecule has 0 fully saturated rings. The van der Waals surface area contributed by atoms with Crippen LogP contribution < -0.4 is 10.3 Å². The fourth-order valence-corrected chi connectivity index (χ4v) is 5.61. The minimum atomic E-state index is -1.66. The van der Waals surface area contributed by atoms with Gasteiger partial charge in [0.1, 0.15) is 11.2 Å². The highest BCUT2D eigenvalue weighted by atomic mass is 31.1. The van der Waals surface area contributed by atoms with Crippen molar-refractivity contribution in [2.75, 3.05) is 13.2 Å². The summed E-state index contributed by atoms with van der Waals surface area (Å²) in [7, 11) is -1.66. The molecule has 1 unspecified atom stereocenters. The van der Waals surface area contributed by atoms with Crippen molar-refractivity contribution >= 4 is 30.2 Å². The van der Waals surface area contributed by atoms with E-state index in [2.05, 4.69) is 107 Å². The van der Waals surface area contributed by atoms with E-state index in [9.17, 15) is 0 Å². The fraction of sp³-hybridized carbons (Fsp3) is 0.613. The highest BCUT2D eigenvalue weighted by Crippen LogP contribution is 2.44. The summed E-state index contributed by atoms with van der Waals surface area (Å²) in [6.07, 6.45) is 0.975. The molecule has 0 saturated carbocycles. The summed E-state index contributed by atoms with van der Waals surface area (Å²) in [5.74, 6) is 0. The third kappa shape index (κ3) is 6.57. The second kappa shape index (κ2) is 9.86. The second-order valence-corrected chi connectivity index (χ2v) is 15.5. The van der Waals surface area contributed by atoms with Crippen LogP contribution in [0.25, 0.3) is 21.9 Å². The van der Waals surface area contributed by atoms with Gasteiger partial charge in [-0.3, -0.25) is 4.52 Å². The molecule has 0 bridgehead atoms. The van der Waals surface area contributed by atoms with E-state index in [0.717, 1.165) is 28.4 Å². The smallest absolute Gasteiger partial charge is 0.387 e. The van der Waals surface area contributed by atoms with Crippen LogP contribution in [0.2, 0.25) is 0 Å². The largest absolute Gasteiger partial charge is 0.399 e. The van der Waals surface area contributed by atoms with Crippen molar-refractivity contribution in [1.82, 2.24) is 0 Å². The van der Waals surface area contributed by atoms with E-state index in [-0.39, 0.29) is 21.7 Å². The van der Waals surface area contributed by atoms with Gasteiger partial charge >= 0.3 is 8.24 Å². The number of benzene rings is 2. The molecule has 200 valence electrons. The summed E-state index contributed by atoms with van der Waals surface area (Å²) in [5.41, 5.74) is 12.4. The Morgan fingerprint density at radius 1 is 0.694 bits per heavy atom. The molecule has 36 heavy (non-hydrogen) atoms. The third-order valence-electron chi connectivity index (χ3n) is 6.39. The molecule has 0 spiro atoms. The minimum absolute atomic E-state index is 0.0149. The molecule has 0 aliphatic heterocycles. The molecule has 3 aromatic rings. The predicted molar refractivity (Wildman–Crippen MR) is 156 cm³/mol. The summed E-state index contributed by atoms with van der Waals surface area (Å²) in [5, 5.41) is 2.18. The molecule has 3 rings (SSSR count). The van der Waals surface area contributed by atoms with Crippen LogP contribution in [-0.4, -0.2) is 13.2 Å². The van der Waals surface area contributed by atoms with E-state index in [0.29, 0.717) is 13.2 Å². The molecule has 4 nitrogen and oxygen atoms in total. The topological polar surface area (TPSA) is 61.5 Å². The molecular weight excluding hydrogens is 465 g/mol. The van der Waals surface area contributed by atoms with E-state index in [4.69, 9.17) is 18.7 Å². The van der Waals surface area contributed by atoms with Crippen molar-refractivity contribution < 1.29 is 12.9 Å². The van der Waals surface area contributed by atoms with Crippen molar-refractivity contribution in [2.45, 2.75) is 106 Å². The summed E-state index contributed by atoms with van der Waals surface area (Å²) >= 11 is 0. The number of nitrogens with two attached hydrogens (primary N) is 1. The Balaban J connectivity index is 2.67. The minimum Gasteiger partial charge on any atom is -0.399 e. The van der Waals surface area contributed by atoms with Crippen LogP contribution in [0.1, 0.15) is 105 Å². The SMILES string of the molecule is CC(C)(C)Cc1cc(C(C)(C)C)c2op(OCCN)oc3c(C(C)(C)C)cc(C(C)(C)C)cc3c2c1. The molecular formula is C31H48NO3P. The average molecular weight is 514 g/mol. The second-order valence-electron chi connectivity index (χ2n) is 14.4. The first-order valence-electron chi connectivity index (χ1n) is 13.2. The molecule has 1 atom stereocenters. The Kier molecular flexibility index (Phi) is 7.89. The van der Waals surface area contributed by atoms with Crippen LogP contribution in [0, 0.1) is 5.41 Å². The average Bonchev–Trinajstić information content (AvgIpc) is 2.84. The number of rotatable bonds is 4. The van der Waals surface area contributed by atoms with Crippen LogP contribution in [0.3, 0.4) is 0 Å². The van der Waals surface area contributed by atoms with Crippen molar-refractivity contribution in [3.8, 4) is 0 Å². The highest BCUT2D eigenvalue weighted by Gasteiger charge is 2.27. The van der Waals surface area contributed by atoms with E-state index in [1.165, 1.54) is 22.3 Å². The van der Waals surface area contributed by atoms with Crippen molar-refractivity contribution in [1.29, 1.82) is 0 Å². The molecule has 0 radical (unpaired) electrons. The standard InChI is InChI=1S/C31H48NO3P/c1-28(2,3)19-20-15-22-23-17-21(29(4,5)6)18-25(31(10,11)12)27(23)35-36(33-14-13-32)34-26(22)24(16-20)30(7,8)9/h15-18H,13-14,19,32H2,1-12H3. The lowest BCUT2D eigenvalue weighted by Crippen LogP contribution is -2.17. The van der Waals surface area contributed by atoms with E-state index < -0.39 is 8.24 Å². The Bertz CT molecular complexity index is 1280. The molecule has 1 aromatic heterocycles. The Labute approximate surface area is 219 Å². The van der Waals surface area contributed by atoms with Gasteiger partial charge in [0.25, 0.3) is 0 Å². The monoisotopic (exact) mass is 513 g/mol. The first-order chi connectivity index (χ1) is 16.3. The maximum atomic E-state index is 6.64. The first kappa shape index (κ1) is 28.8. The molecule has 1 heterocycles. The molecule has 2 aromatic carbocycles. The molecule has 0 aliphatic rings. The maximum absolute atomic E-state index is 6.64. The zero-order valence-corrected chi connectivity index (χ0v) is 25.6. The zero-order valence-electron chi connectivity index (χ0n) is 24.7. The normalized spacial score (nSPS) is 14.1. The van der Waals surface area contributed by atoms with E-state index in [1.54, 1.807) is 0 Å². The third-order valence-corrected chi connectivity index (χ3v) is 7.45. The van der Waals surface area contributed by atoms with Gasteiger partial charge in [-0.2, -0.15) is 0 Å². The van der Waals surface area contributed by atoms with Crippen molar-refractivity contribution in [3.05, 3.63) is 46.5 Å². The van der Waals surface area contributed by atoms with Crippen LogP contribution >= 0.6 is 8.24 Å². The first-order valence-corrected chi connectivity index (χ1v) is 14.3.